The standard InChI is InChI=1S/C10H9IO2/c11-9-3-1-2-6-4-7(10(12)13)5-8(6)9/h1-3,7H,4-5H2,(H,12,13). The smallest absolute Gasteiger partial charge is 0.307 e. The monoisotopic (exact) mass is 288 g/mol. The summed E-state index contributed by atoms with van der Waals surface area (Å²) in [5.41, 5.74) is 2.44. The van der Waals surface area contributed by atoms with E-state index in [4.69, 9.17) is 5.11 Å². The molecular weight excluding hydrogens is 279 g/mol. The van der Waals surface area contributed by atoms with Crippen LogP contribution in [0, 0.1) is 9.49 Å². The second-order valence-corrected chi connectivity index (χ2v) is 4.48. The summed E-state index contributed by atoms with van der Waals surface area (Å²) >= 11 is 2.27. The Morgan fingerprint density at radius 2 is 2.23 bits per heavy atom. The Hall–Kier alpha value is -0.580. The van der Waals surface area contributed by atoms with Gasteiger partial charge >= 0.3 is 5.97 Å². The summed E-state index contributed by atoms with van der Waals surface area (Å²) < 4.78 is 1.19. The molecule has 3 heteroatoms. The van der Waals surface area contributed by atoms with Crippen molar-refractivity contribution < 1.29 is 9.90 Å². The Morgan fingerprint density at radius 3 is 2.85 bits per heavy atom. The summed E-state index contributed by atoms with van der Waals surface area (Å²) in [5.74, 6) is -0.877. The molecule has 1 aromatic rings. The minimum absolute atomic E-state index is 0.203. The van der Waals surface area contributed by atoms with Crippen LogP contribution in [0.4, 0.5) is 0 Å². The van der Waals surface area contributed by atoms with Gasteiger partial charge in [0, 0.05) is 3.57 Å². The van der Waals surface area contributed by atoms with Gasteiger partial charge in [-0.3, -0.25) is 4.79 Å². The van der Waals surface area contributed by atoms with Crippen LogP contribution in [0.25, 0.3) is 0 Å². The summed E-state index contributed by atoms with van der Waals surface area (Å²) in [7, 11) is 0. The molecule has 1 aromatic carbocycles. The largest absolute Gasteiger partial charge is 0.481 e. The van der Waals surface area contributed by atoms with Crippen molar-refractivity contribution in [3.8, 4) is 0 Å². The number of carbonyl (C=O) groups is 1. The zero-order chi connectivity index (χ0) is 9.42. The first kappa shape index (κ1) is 8.99. The highest BCUT2D eigenvalue weighted by Crippen LogP contribution is 2.30. The molecule has 0 fully saturated rings. The third-order valence-corrected chi connectivity index (χ3v) is 3.49. The van der Waals surface area contributed by atoms with E-state index in [1.165, 1.54) is 14.7 Å². The number of carboxylic acid groups (broad SMARTS) is 1. The summed E-state index contributed by atoms with van der Waals surface area (Å²) in [6.07, 6.45) is 1.39. The second-order valence-electron chi connectivity index (χ2n) is 3.32. The molecule has 0 aliphatic heterocycles. The molecule has 0 spiro atoms. The third-order valence-electron chi connectivity index (χ3n) is 2.48. The van der Waals surface area contributed by atoms with Crippen molar-refractivity contribution >= 4 is 28.6 Å². The Balaban J connectivity index is 2.35. The van der Waals surface area contributed by atoms with Gasteiger partial charge in [0.05, 0.1) is 5.92 Å². The zero-order valence-electron chi connectivity index (χ0n) is 6.96. The minimum atomic E-state index is -0.674. The minimum Gasteiger partial charge on any atom is -0.481 e. The number of fused-ring (bicyclic) bond motifs is 1. The molecule has 1 N–H and O–H groups in total. The molecule has 0 radical (unpaired) electrons. The molecule has 1 aliphatic rings. The van der Waals surface area contributed by atoms with E-state index in [1.807, 2.05) is 18.2 Å². The first-order chi connectivity index (χ1) is 6.18. The van der Waals surface area contributed by atoms with Crippen LogP contribution in [0.5, 0.6) is 0 Å². The van der Waals surface area contributed by atoms with Crippen LogP contribution < -0.4 is 0 Å². The number of carboxylic acids is 1. The van der Waals surface area contributed by atoms with E-state index < -0.39 is 5.97 Å². The Labute approximate surface area is 90.1 Å². The number of hydrogen-bond acceptors (Lipinski definition) is 1. The molecular formula is C10H9IO2. The SMILES string of the molecule is O=C(O)C1Cc2cccc(I)c2C1. The summed E-state index contributed by atoms with van der Waals surface area (Å²) in [4.78, 5) is 10.8. The van der Waals surface area contributed by atoms with Crippen molar-refractivity contribution in [2.24, 2.45) is 5.92 Å². The van der Waals surface area contributed by atoms with Gasteiger partial charge in [-0.2, -0.15) is 0 Å². The average molecular weight is 288 g/mol. The lowest BCUT2D eigenvalue weighted by Gasteiger charge is -2.00. The molecule has 0 aromatic heterocycles. The number of halogens is 1. The molecule has 2 rings (SSSR count). The maximum atomic E-state index is 10.8. The Kier molecular flexibility index (Phi) is 2.27. The summed E-state index contributed by atoms with van der Waals surface area (Å²) in [5, 5.41) is 8.87. The average Bonchev–Trinajstić information content (AvgIpc) is 2.49. The van der Waals surface area contributed by atoms with Crippen molar-refractivity contribution in [2.45, 2.75) is 12.8 Å². The van der Waals surface area contributed by atoms with E-state index in [1.54, 1.807) is 0 Å². The van der Waals surface area contributed by atoms with Crippen LogP contribution >= 0.6 is 22.6 Å². The van der Waals surface area contributed by atoms with Crippen LogP contribution in [0.1, 0.15) is 11.1 Å². The number of benzene rings is 1. The van der Waals surface area contributed by atoms with Crippen molar-refractivity contribution in [3.05, 3.63) is 32.9 Å². The fourth-order valence-electron chi connectivity index (χ4n) is 1.78. The van der Waals surface area contributed by atoms with Crippen LogP contribution in [0.3, 0.4) is 0 Å². The van der Waals surface area contributed by atoms with Gasteiger partial charge in [-0.1, -0.05) is 12.1 Å². The lowest BCUT2D eigenvalue weighted by Crippen LogP contribution is -2.13. The second kappa shape index (κ2) is 3.29. The first-order valence-electron chi connectivity index (χ1n) is 4.17. The van der Waals surface area contributed by atoms with Crippen molar-refractivity contribution in [1.29, 1.82) is 0 Å². The van der Waals surface area contributed by atoms with E-state index in [9.17, 15) is 4.79 Å². The highest BCUT2D eigenvalue weighted by Gasteiger charge is 2.27. The van der Waals surface area contributed by atoms with E-state index >= 15 is 0 Å². The topological polar surface area (TPSA) is 37.3 Å². The molecule has 1 aliphatic carbocycles. The number of rotatable bonds is 1. The predicted molar refractivity (Wildman–Crippen MR) is 57.7 cm³/mol. The molecule has 0 amide bonds. The molecule has 0 bridgehead atoms. The summed E-state index contributed by atoms with van der Waals surface area (Å²) in [6, 6.07) is 6.05. The van der Waals surface area contributed by atoms with E-state index in [2.05, 4.69) is 22.6 Å². The number of aliphatic carboxylic acids is 1. The third kappa shape index (κ3) is 1.57. The highest BCUT2D eigenvalue weighted by molar-refractivity contribution is 14.1. The lowest BCUT2D eigenvalue weighted by atomic mass is 10.1. The maximum Gasteiger partial charge on any atom is 0.307 e. The number of hydrogen-bond donors (Lipinski definition) is 1. The van der Waals surface area contributed by atoms with Gasteiger partial charge in [-0.15, -0.1) is 0 Å². The Bertz CT molecular complexity index is 360. The van der Waals surface area contributed by atoms with Crippen LogP contribution in [0.2, 0.25) is 0 Å². The Morgan fingerprint density at radius 1 is 1.46 bits per heavy atom. The molecule has 68 valence electrons. The molecule has 2 nitrogen and oxygen atoms in total. The normalized spacial score (nSPS) is 19.9. The first-order valence-corrected chi connectivity index (χ1v) is 5.25. The van der Waals surface area contributed by atoms with Gasteiger partial charge in [0.25, 0.3) is 0 Å². The van der Waals surface area contributed by atoms with E-state index in [-0.39, 0.29) is 5.92 Å². The van der Waals surface area contributed by atoms with E-state index in [0.29, 0.717) is 12.8 Å². The summed E-state index contributed by atoms with van der Waals surface area (Å²) in [6.45, 7) is 0. The molecule has 1 unspecified atom stereocenters. The van der Waals surface area contributed by atoms with Crippen molar-refractivity contribution in [1.82, 2.24) is 0 Å². The highest BCUT2D eigenvalue weighted by atomic mass is 127. The molecule has 1 atom stereocenters. The van der Waals surface area contributed by atoms with Crippen molar-refractivity contribution in [3.63, 3.8) is 0 Å². The molecule has 13 heavy (non-hydrogen) atoms. The van der Waals surface area contributed by atoms with Gasteiger partial charge in [0.15, 0.2) is 0 Å². The predicted octanol–water partition coefficient (Wildman–Crippen LogP) is 2.09. The molecule has 0 heterocycles. The van der Waals surface area contributed by atoms with Crippen LogP contribution in [-0.2, 0) is 17.6 Å². The van der Waals surface area contributed by atoms with Crippen molar-refractivity contribution in [2.75, 3.05) is 0 Å². The van der Waals surface area contributed by atoms with Crippen LogP contribution in [-0.4, -0.2) is 11.1 Å². The van der Waals surface area contributed by atoms with Crippen LogP contribution in [0.15, 0.2) is 18.2 Å². The van der Waals surface area contributed by atoms with Gasteiger partial charge in [-0.25, -0.2) is 0 Å². The van der Waals surface area contributed by atoms with Gasteiger partial charge in [0.1, 0.15) is 0 Å². The molecule has 0 saturated carbocycles. The fourth-order valence-corrected chi connectivity index (χ4v) is 2.56. The zero-order valence-corrected chi connectivity index (χ0v) is 9.11. The quantitative estimate of drug-likeness (QED) is 0.803. The maximum absolute atomic E-state index is 10.8. The molecule has 0 saturated heterocycles. The van der Waals surface area contributed by atoms with Gasteiger partial charge in [0.2, 0.25) is 0 Å². The fraction of sp³-hybridized carbons (Fsp3) is 0.300. The lowest BCUT2D eigenvalue weighted by molar-refractivity contribution is -0.141. The van der Waals surface area contributed by atoms with Gasteiger partial charge < -0.3 is 5.11 Å². The van der Waals surface area contributed by atoms with E-state index in [0.717, 1.165) is 0 Å². The van der Waals surface area contributed by atoms with Gasteiger partial charge in [-0.05, 0) is 52.6 Å².